The van der Waals surface area contributed by atoms with Crippen LogP contribution in [0.4, 0.5) is 8.78 Å². The summed E-state index contributed by atoms with van der Waals surface area (Å²) in [6.07, 6.45) is 1.15. The average Bonchev–Trinajstić information content (AvgIpc) is 3.11. The van der Waals surface area contributed by atoms with Gasteiger partial charge < -0.3 is 0 Å². The van der Waals surface area contributed by atoms with Gasteiger partial charge in [0.15, 0.2) is 11.6 Å². The summed E-state index contributed by atoms with van der Waals surface area (Å²) in [5.74, 6) is -2.26. The molecule has 1 aliphatic carbocycles. The molecule has 0 heterocycles. The fourth-order valence-corrected chi connectivity index (χ4v) is 3.80. The van der Waals surface area contributed by atoms with E-state index in [1.165, 1.54) is 13.0 Å². The van der Waals surface area contributed by atoms with Crippen molar-refractivity contribution in [1.82, 2.24) is 4.72 Å². The molecule has 1 atom stereocenters. The normalized spacial score (nSPS) is 18.3. The molecule has 0 saturated heterocycles. The molecule has 1 saturated carbocycles. The topological polar surface area (TPSA) is 70.0 Å². The van der Waals surface area contributed by atoms with E-state index in [1.807, 2.05) is 6.07 Å². The molecule has 0 spiro atoms. The number of nitrogens with zero attached hydrogens (tertiary/aromatic N) is 1. The van der Waals surface area contributed by atoms with Crippen LogP contribution < -0.4 is 4.72 Å². The second kappa shape index (κ2) is 5.11. The van der Waals surface area contributed by atoms with Crippen LogP contribution in [0.3, 0.4) is 0 Å². The number of rotatable bonds is 5. The second-order valence-corrected chi connectivity index (χ2v) is 6.92. The lowest BCUT2D eigenvalue weighted by Gasteiger charge is -2.16. The van der Waals surface area contributed by atoms with E-state index in [-0.39, 0.29) is 5.75 Å². The lowest BCUT2D eigenvalue weighted by atomic mass is 10.1. The zero-order valence-corrected chi connectivity index (χ0v) is 11.7. The first kappa shape index (κ1) is 14.9. The van der Waals surface area contributed by atoms with Crippen LogP contribution in [0.1, 0.15) is 31.4 Å². The van der Waals surface area contributed by atoms with Gasteiger partial charge in [-0.3, -0.25) is 0 Å². The standard InChI is InChI=1S/C13H14F2N2O2S/c1-9(10-2-3-11(14)12(15)6-10)17-20(18,19)8-13(7-16)4-5-13/h2-3,6,9,17H,4-5,8H2,1H3/t9-/m1/s1. The zero-order chi connectivity index (χ0) is 15.0. The number of sulfonamides is 1. The first-order chi connectivity index (χ1) is 9.27. The van der Waals surface area contributed by atoms with Crippen molar-refractivity contribution in [3.8, 4) is 6.07 Å². The lowest BCUT2D eigenvalue weighted by molar-refractivity contribution is 0.504. The van der Waals surface area contributed by atoms with Crippen LogP contribution in [-0.2, 0) is 10.0 Å². The third kappa shape index (κ3) is 3.32. The Kier molecular flexibility index (Phi) is 3.80. The van der Waals surface area contributed by atoms with Crippen LogP contribution in [0.2, 0.25) is 0 Å². The number of hydrogen-bond acceptors (Lipinski definition) is 3. The molecule has 7 heteroatoms. The largest absolute Gasteiger partial charge is 0.213 e. The Morgan fingerprint density at radius 3 is 2.55 bits per heavy atom. The van der Waals surface area contributed by atoms with Crippen molar-refractivity contribution in [2.45, 2.75) is 25.8 Å². The molecule has 4 nitrogen and oxygen atoms in total. The van der Waals surface area contributed by atoms with Crippen LogP contribution in [0.5, 0.6) is 0 Å². The quantitative estimate of drug-likeness (QED) is 0.906. The monoisotopic (exact) mass is 300 g/mol. The Morgan fingerprint density at radius 2 is 2.05 bits per heavy atom. The van der Waals surface area contributed by atoms with Gasteiger partial charge in [-0.25, -0.2) is 21.9 Å². The molecule has 108 valence electrons. The summed E-state index contributed by atoms with van der Waals surface area (Å²) in [7, 11) is -3.65. The number of benzene rings is 1. The molecule has 1 N–H and O–H groups in total. The van der Waals surface area contributed by atoms with E-state index in [1.54, 1.807) is 0 Å². The second-order valence-electron chi connectivity index (χ2n) is 5.16. The van der Waals surface area contributed by atoms with E-state index in [0.717, 1.165) is 12.1 Å². The summed E-state index contributed by atoms with van der Waals surface area (Å²) in [5, 5.41) is 8.90. The molecule has 1 aromatic rings. The molecule has 2 rings (SSSR count). The molecule has 0 aromatic heterocycles. The smallest absolute Gasteiger partial charge is 0.212 e. The Morgan fingerprint density at radius 1 is 1.40 bits per heavy atom. The SMILES string of the molecule is C[C@@H](NS(=O)(=O)CC1(C#N)CC1)c1ccc(F)c(F)c1. The Labute approximate surface area is 116 Å². The lowest BCUT2D eigenvalue weighted by Crippen LogP contribution is -2.32. The van der Waals surface area contributed by atoms with E-state index in [9.17, 15) is 17.2 Å². The van der Waals surface area contributed by atoms with Gasteiger partial charge in [0, 0.05) is 6.04 Å². The Bertz CT molecular complexity index is 663. The maximum atomic E-state index is 13.1. The molecular weight excluding hydrogens is 286 g/mol. The third-order valence-corrected chi connectivity index (χ3v) is 5.00. The van der Waals surface area contributed by atoms with E-state index < -0.39 is 33.1 Å². The summed E-state index contributed by atoms with van der Waals surface area (Å²) < 4.78 is 52.2. The average molecular weight is 300 g/mol. The first-order valence-electron chi connectivity index (χ1n) is 6.13. The molecule has 20 heavy (non-hydrogen) atoms. The molecule has 0 bridgehead atoms. The minimum atomic E-state index is -3.65. The van der Waals surface area contributed by atoms with Crippen molar-refractivity contribution in [3.63, 3.8) is 0 Å². The summed E-state index contributed by atoms with van der Waals surface area (Å²) >= 11 is 0. The highest BCUT2D eigenvalue weighted by Gasteiger charge is 2.47. The molecule has 1 aliphatic rings. The van der Waals surface area contributed by atoms with Crippen LogP contribution in [-0.4, -0.2) is 14.2 Å². The summed E-state index contributed by atoms with van der Waals surface area (Å²) in [6.45, 7) is 1.54. The molecule has 1 aromatic carbocycles. The maximum Gasteiger partial charge on any atom is 0.213 e. The fourth-order valence-electron chi connectivity index (χ4n) is 1.96. The Balaban J connectivity index is 2.09. The molecular formula is C13H14F2N2O2S. The highest BCUT2D eigenvalue weighted by molar-refractivity contribution is 7.89. The van der Waals surface area contributed by atoms with Gasteiger partial charge in [0.2, 0.25) is 10.0 Å². The van der Waals surface area contributed by atoms with E-state index in [4.69, 9.17) is 5.26 Å². The van der Waals surface area contributed by atoms with Crippen molar-refractivity contribution >= 4 is 10.0 Å². The minimum Gasteiger partial charge on any atom is -0.212 e. The number of nitriles is 1. The van der Waals surface area contributed by atoms with Crippen molar-refractivity contribution in [2.24, 2.45) is 5.41 Å². The van der Waals surface area contributed by atoms with E-state index in [0.29, 0.717) is 18.4 Å². The van der Waals surface area contributed by atoms with Gasteiger partial charge in [-0.2, -0.15) is 5.26 Å². The van der Waals surface area contributed by atoms with Gasteiger partial charge >= 0.3 is 0 Å². The minimum absolute atomic E-state index is 0.259. The van der Waals surface area contributed by atoms with Crippen LogP contribution in [0.15, 0.2) is 18.2 Å². The number of nitrogens with one attached hydrogen (secondary N) is 1. The van der Waals surface area contributed by atoms with Gasteiger partial charge in [-0.15, -0.1) is 0 Å². The Hall–Kier alpha value is -1.52. The summed E-state index contributed by atoms with van der Waals surface area (Å²) in [5.41, 5.74) is -0.450. The predicted molar refractivity (Wildman–Crippen MR) is 69.0 cm³/mol. The summed E-state index contributed by atoms with van der Waals surface area (Å²) in [6, 6.07) is 4.55. The van der Waals surface area contributed by atoms with Crippen molar-refractivity contribution in [1.29, 1.82) is 5.26 Å². The van der Waals surface area contributed by atoms with Gasteiger partial charge in [0.1, 0.15) is 0 Å². The van der Waals surface area contributed by atoms with Gasteiger partial charge in [-0.05, 0) is 37.5 Å². The zero-order valence-electron chi connectivity index (χ0n) is 10.9. The highest BCUT2D eigenvalue weighted by Crippen LogP contribution is 2.45. The highest BCUT2D eigenvalue weighted by atomic mass is 32.2. The fraction of sp³-hybridized carbons (Fsp3) is 0.462. The van der Waals surface area contributed by atoms with Crippen LogP contribution in [0.25, 0.3) is 0 Å². The van der Waals surface area contributed by atoms with Crippen LogP contribution >= 0.6 is 0 Å². The number of halogens is 2. The molecule has 0 unspecified atom stereocenters. The number of hydrogen-bond donors (Lipinski definition) is 1. The predicted octanol–water partition coefficient (Wildman–Crippen LogP) is 2.25. The van der Waals surface area contributed by atoms with E-state index >= 15 is 0 Å². The van der Waals surface area contributed by atoms with Crippen LogP contribution in [0, 0.1) is 28.4 Å². The van der Waals surface area contributed by atoms with E-state index in [2.05, 4.69) is 4.72 Å². The molecule has 0 amide bonds. The third-order valence-electron chi connectivity index (χ3n) is 3.36. The van der Waals surface area contributed by atoms with Crippen molar-refractivity contribution < 1.29 is 17.2 Å². The molecule has 0 radical (unpaired) electrons. The first-order valence-corrected chi connectivity index (χ1v) is 7.78. The van der Waals surface area contributed by atoms with Gasteiger partial charge in [0.25, 0.3) is 0 Å². The van der Waals surface area contributed by atoms with Crippen molar-refractivity contribution in [2.75, 3.05) is 5.75 Å². The van der Waals surface area contributed by atoms with Gasteiger partial charge in [0.05, 0.1) is 17.2 Å². The maximum absolute atomic E-state index is 13.1. The van der Waals surface area contributed by atoms with Gasteiger partial charge in [-0.1, -0.05) is 6.07 Å². The molecule has 0 aliphatic heterocycles. The summed E-state index contributed by atoms with van der Waals surface area (Å²) in [4.78, 5) is 0. The molecule has 1 fully saturated rings. The van der Waals surface area contributed by atoms with Crippen molar-refractivity contribution in [3.05, 3.63) is 35.4 Å².